The van der Waals surface area contributed by atoms with Crippen molar-refractivity contribution in [3.63, 3.8) is 0 Å². The number of aliphatic hydroxyl groups excluding tert-OH is 2. The van der Waals surface area contributed by atoms with E-state index in [9.17, 15) is 14.7 Å². The van der Waals surface area contributed by atoms with E-state index in [0.717, 1.165) is 5.56 Å². The van der Waals surface area contributed by atoms with Gasteiger partial charge in [-0.1, -0.05) is 12.1 Å². The molecule has 1 heterocycles. The maximum absolute atomic E-state index is 12.4. The average molecular weight is 358 g/mol. The summed E-state index contributed by atoms with van der Waals surface area (Å²) in [5.41, 5.74) is 2.14. The number of amides is 1. The largest absolute Gasteiger partial charge is 0.462 e. The maximum atomic E-state index is 12.4. The second kappa shape index (κ2) is 9.07. The molecule has 0 bridgehead atoms. The molecule has 0 fully saturated rings. The van der Waals surface area contributed by atoms with Crippen molar-refractivity contribution in [3.05, 3.63) is 53.7 Å². The molecule has 0 radical (unpaired) electrons. The van der Waals surface area contributed by atoms with Gasteiger partial charge in [0.05, 0.1) is 30.6 Å². The lowest BCUT2D eigenvalue weighted by molar-refractivity contribution is 0.0518. The number of benzene rings is 1. The highest BCUT2D eigenvalue weighted by atomic mass is 16.5. The molecule has 0 aliphatic rings. The van der Waals surface area contributed by atoms with E-state index < -0.39 is 18.7 Å². The number of hydrogen-bond acceptors (Lipinski definition) is 6. The van der Waals surface area contributed by atoms with Crippen LogP contribution in [-0.4, -0.2) is 64.9 Å². The lowest BCUT2D eigenvalue weighted by Crippen LogP contribution is -2.35. The van der Waals surface area contributed by atoms with Gasteiger partial charge in [0.15, 0.2) is 0 Å². The quantitative estimate of drug-likeness (QED) is 0.725. The van der Waals surface area contributed by atoms with Gasteiger partial charge in [-0.3, -0.25) is 9.78 Å². The molecule has 1 aromatic carbocycles. The first-order valence-electron chi connectivity index (χ1n) is 8.24. The van der Waals surface area contributed by atoms with Gasteiger partial charge >= 0.3 is 5.97 Å². The number of pyridine rings is 1. The van der Waals surface area contributed by atoms with E-state index in [1.807, 2.05) is 6.07 Å². The fourth-order valence-corrected chi connectivity index (χ4v) is 2.39. The number of hydrogen-bond donors (Lipinski definition) is 2. The predicted molar refractivity (Wildman–Crippen MR) is 95.7 cm³/mol. The lowest BCUT2D eigenvalue weighted by Gasteiger charge is -2.20. The van der Waals surface area contributed by atoms with E-state index in [1.54, 1.807) is 44.3 Å². The summed E-state index contributed by atoms with van der Waals surface area (Å²) in [4.78, 5) is 29.7. The van der Waals surface area contributed by atoms with Crippen LogP contribution in [0.3, 0.4) is 0 Å². The third-order valence-corrected chi connectivity index (χ3v) is 3.72. The molecule has 7 heteroatoms. The summed E-state index contributed by atoms with van der Waals surface area (Å²) >= 11 is 0. The third kappa shape index (κ3) is 4.87. The zero-order valence-electron chi connectivity index (χ0n) is 14.8. The van der Waals surface area contributed by atoms with Gasteiger partial charge in [-0.15, -0.1) is 0 Å². The zero-order valence-corrected chi connectivity index (χ0v) is 14.8. The Labute approximate surface area is 151 Å². The summed E-state index contributed by atoms with van der Waals surface area (Å²) in [6.45, 7) is 1.66. The van der Waals surface area contributed by atoms with Crippen molar-refractivity contribution in [2.45, 2.75) is 13.0 Å². The van der Waals surface area contributed by atoms with Gasteiger partial charge < -0.3 is 19.8 Å². The highest BCUT2D eigenvalue weighted by Gasteiger charge is 2.16. The normalized spacial score (nSPS) is 11.7. The van der Waals surface area contributed by atoms with Gasteiger partial charge in [0.1, 0.15) is 0 Å². The number of likely N-dealkylation sites (N-methyl/N-ethyl adjacent to an activating group) is 1. The number of carbonyl (C=O) groups is 2. The lowest BCUT2D eigenvalue weighted by atomic mass is 10.1. The van der Waals surface area contributed by atoms with Crippen molar-refractivity contribution < 1.29 is 24.5 Å². The van der Waals surface area contributed by atoms with E-state index in [0.29, 0.717) is 23.4 Å². The van der Waals surface area contributed by atoms with Crippen LogP contribution in [0.25, 0.3) is 11.3 Å². The third-order valence-electron chi connectivity index (χ3n) is 3.72. The molecule has 1 aromatic heterocycles. The molecule has 0 saturated heterocycles. The SMILES string of the molecule is CCOC(=O)c1ccc(-c2cccc(C(=O)N(C)C[C@H](O)CO)c2)nc1. The molecule has 0 saturated carbocycles. The zero-order chi connectivity index (χ0) is 19.1. The summed E-state index contributed by atoms with van der Waals surface area (Å²) in [6, 6.07) is 10.2. The van der Waals surface area contributed by atoms with Crippen molar-refractivity contribution in [3.8, 4) is 11.3 Å². The standard InChI is InChI=1S/C19H22N2O5/c1-3-26-19(25)15-7-8-17(20-10-15)13-5-4-6-14(9-13)18(24)21(2)11-16(23)12-22/h4-10,16,22-23H,3,11-12H2,1-2H3/t16-/m0/s1. The summed E-state index contributed by atoms with van der Waals surface area (Å²) in [5.74, 6) is -0.706. The minimum Gasteiger partial charge on any atom is -0.462 e. The molecular weight excluding hydrogens is 336 g/mol. The number of ether oxygens (including phenoxy) is 1. The van der Waals surface area contributed by atoms with E-state index in [1.165, 1.54) is 11.1 Å². The van der Waals surface area contributed by atoms with Crippen molar-refractivity contribution in [2.24, 2.45) is 0 Å². The Kier molecular flexibility index (Phi) is 6.82. The van der Waals surface area contributed by atoms with Crippen LogP contribution in [0.4, 0.5) is 0 Å². The van der Waals surface area contributed by atoms with Crippen LogP contribution in [0.15, 0.2) is 42.6 Å². The molecule has 2 rings (SSSR count). The maximum Gasteiger partial charge on any atom is 0.339 e. The number of esters is 1. The Morgan fingerprint density at radius 1 is 1.23 bits per heavy atom. The van der Waals surface area contributed by atoms with Crippen LogP contribution < -0.4 is 0 Å². The van der Waals surface area contributed by atoms with Gasteiger partial charge in [-0.2, -0.15) is 0 Å². The first kappa shape index (κ1) is 19.6. The second-order valence-corrected chi connectivity index (χ2v) is 5.76. The van der Waals surface area contributed by atoms with E-state index in [-0.39, 0.29) is 12.5 Å². The molecule has 1 amide bonds. The monoisotopic (exact) mass is 358 g/mol. The molecule has 1 atom stereocenters. The Hall–Kier alpha value is -2.77. The molecule has 0 aliphatic heterocycles. The van der Waals surface area contributed by atoms with E-state index in [2.05, 4.69) is 4.98 Å². The summed E-state index contributed by atoms with van der Waals surface area (Å²) in [5, 5.41) is 18.4. The predicted octanol–water partition coefficient (Wildman–Crippen LogP) is 1.35. The van der Waals surface area contributed by atoms with Gasteiger partial charge in [0.2, 0.25) is 0 Å². The van der Waals surface area contributed by atoms with Crippen molar-refractivity contribution in [2.75, 3.05) is 26.8 Å². The molecule has 2 aromatic rings. The van der Waals surface area contributed by atoms with Crippen LogP contribution in [0.1, 0.15) is 27.6 Å². The highest BCUT2D eigenvalue weighted by Crippen LogP contribution is 2.19. The molecule has 138 valence electrons. The Bertz CT molecular complexity index is 761. The van der Waals surface area contributed by atoms with Crippen LogP contribution in [-0.2, 0) is 4.74 Å². The Morgan fingerprint density at radius 3 is 2.62 bits per heavy atom. The van der Waals surface area contributed by atoms with Crippen LogP contribution in [0, 0.1) is 0 Å². The molecule has 2 N–H and O–H groups in total. The number of rotatable bonds is 7. The highest BCUT2D eigenvalue weighted by molar-refractivity contribution is 5.95. The van der Waals surface area contributed by atoms with E-state index >= 15 is 0 Å². The number of aliphatic hydroxyl groups is 2. The molecule has 7 nitrogen and oxygen atoms in total. The van der Waals surface area contributed by atoms with Crippen molar-refractivity contribution in [1.29, 1.82) is 0 Å². The molecular formula is C19H22N2O5. The van der Waals surface area contributed by atoms with Crippen LogP contribution in [0.5, 0.6) is 0 Å². The first-order valence-corrected chi connectivity index (χ1v) is 8.24. The smallest absolute Gasteiger partial charge is 0.339 e. The summed E-state index contributed by atoms with van der Waals surface area (Å²) in [6.07, 6.45) is 0.454. The summed E-state index contributed by atoms with van der Waals surface area (Å²) in [7, 11) is 1.56. The van der Waals surface area contributed by atoms with Gasteiger partial charge in [-0.05, 0) is 31.2 Å². The Morgan fingerprint density at radius 2 is 2.00 bits per heavy atom. The number of nitrogens with zero attached hydrogens (tertiary/aromatic N) is 2. The van der Waals surface area contributed by atoms with Crippen LogP contribution in [0.2, 0.25) is 0 Å². The average Bonchev–Trinajstić information content (AvgIpc) is 2.67. The molecule has 0 unspecified atom stereocenters. The fraction of sp³-hybridized carbons (Fsp3) is 0.316. The van der Waals surface area contributed by atoms with Crippen LogP contribution >= 0.6 is 0 Å². The molecule has 26 heavy (non-hydrogen) atoms. The topological polar surface area (TPSA) is 100.0 Å². The van der Waals surface area contributed by atoms with E-state index in [4.69, 9.17) is 9.84 Å². The first-order chi connectivity index (χ1) is 12.5. The fourth-order valence-electron chi connectivity index (χ4n) is 2.39. The number of carbonyl (C=O) groups excluding carboxylic acids is 2. The molecule has 0 spiro atoms. The minimum atomic E-state index is -0.982. The summed E-state index contributed by atoms with van der Waals surface area (Å²) < 4.78 is 4.92. The number of aromatic nitrogens is 1. The Balaban J connectivity index is 2.18. The minimum absolute atomic E-state index is 0.0338. The second-order valence-electron chi connectivity index (χ2n) is 5.76. The van der Waals surface area contributed by atoms with Crippen molar-refractivity contribution >= 4 is 11.9 Å². The molecule has 0 aliphatic carbocycles. The van der Waals surface area contributed by atoms with Crippen molar-refractivity contribution in [1.82, 2.24) is 9.88 Å². The van der Waals surface area contributed by atoms with Gasteiger partial charge in [-0.25, -0.2) is 4.79 Å². The van der Waals surface area contributed by atoms with Gasteiger partial charge in [0, 0.05) is 30.9 Å². The van der Waals surface area contributed by atoms with Gasteiger partial charge in [0.25, 0.3) is 5.91 Å².